The Balaban J connectivity index is 2.51. The summed E-state index contributed by atoms with van der Waals surface area (Å²) in [6.45, 7) is 8.41. The fourth-order valence-corrected chi connectivity index (χ4v) is 1.55. The Bertz CT molecular complexity index is 504. The van der Waals surface area contributed by atoms with Crippen molar-refractivity contribution in [3.8, 4) is 0 Å². The maximum Gasteiger partial charge on any atom is 0.339 e. The molecule has 0 unspecified atom stereocenters. The van der Waals surface area contributed by atoms with Gasteiger partial charge in [-0.3, -0.25) is 4.79 Å². The van der Waals surface area contributed by atoms with Crippen molar-refractivity contribution in [2.75, 3.05) is 19.8 Å². The number of ether oxygens (including phenoxy) is 1. The van der Waals surface area contributed by atoms with Crippen LogP contribution in [-0.2, 0) is 11.2 Å². The van der Waals surface area contributed by atoms with Gasteiger partial charge in [-0.25, -0.2) is 4.79 Å². The normalized spacial score (nSPS) is 10.3. The fraction of sp³-hybridized carbons (Fsp3) is 0.429. The Morgan fingerprint density at radius 1 is 1.50 bits per heavy atom. The SMILES string of the molecule is C=C(C)COCCNC(=O)c1cc(C(=O)O)c(CC)o1. The van der Waals surface area contributed by atoms with Crippen molar-refractivity contribution < 1.29 is 23.8 Å². The molecule has 1 heterocycles. The molecule has 0 saturated carbocycles. The second kappa shape index (κ2) is 7.49. The predicted octanol–water partition coefficient (Wildman–Crippen LogP) is 1.86. The van der Waals surface area contributed by atoms with Crippen LogP contribution in [0.1, 0.15) is 40.5 Å². The minimum Gasteiger partial charge on any atom is -0.478 e. The minimum absolute atomic E-state index is 0.000786. The summed E-state index contributed by atoms with van der Waals surface area (Å²) < 4.78 is 10.5. The van der Waals surface area contributed by atoms with Crippen LogP contribution in [0.4, 0.5) is 0 Å². The average molecular weight is 281 g/mol. The molecule has 0 aliphatic carbocycles. The number of aryl methyl sites for hydroxylation is 1. The van der Waals surface area contributed by atoms with Crippen molar-refractivity contribution in [2.45, 2.75) is 20.3 Å². The molecule has 0 saturated heterocycles. The zero-order chi connectivity index (χ0) is 15.1. The lowest BCUT2D eigenvalue weighted by molar-refractivity contribution is 0.0694. The second-order valence-corrected chi connectivity index (χ2v) is 4.37. The number of nitrogens with one attached hydrogen (secondary N) is 1. The second-order valence-electron chi connectivity index (χ2n) is 4.37. The van der Waals surface area contributed by atoms with Crippen LogP contribution in [0.5, 0.6) is 0 Å². The van der Waals surface area contributed by atoms with Gasteiger partial charge in [-0.05, 0) is 6.92 Å². The van der Waals surface area contributed by atoms with Gasteiger partial charge in [-0.2, -0.15) is 0 Å². The van der Waals surface area contributed by atoms with E-state index in [0.717, 1.165) is 5.57 Å². The number of amides is 1. The Labute approximate surface area is 117 Å². The van der Waals surface area contributed by atoms with E-state index in [1.807, 2.05) is 6.92 Å². The third-order valence-electron chi connectivity index (χ3n) is 2.46. The highest BCUT2D eigenvalue weighted by Gasteiger charge is 2.19. The van der Waals surface area contributed by atoms with E-state index in [9.17, 15) is 9.59 Å². The molecule has 0 fully saturated rings. The molecule has 1 rings (SSSR count). The maximum absolute atomic E-state index is 11.8. The Morgan fingerprint density at radius 2 is 2.20 bits per heavy atom. The van der Waals surface area contributed by atoms with E-state index in [1.165, 1.54) is 6.07 Å². The molecule has 6 nitrogen and oxygen atoms in total. The van der Waals surface area contributed by atoms with Gasteiger partial charge in [0.2, 0.25) is 0 Å². The summed E-state index contributed by atoms with van der Waals surface area (Å²) in [5, 5.41) is 11.6. The number of aromatic carboxylic acids is 1. The molecule has 2 N–H and O–H groups in total. The Hall–Kier alpha value is -2.08. The van der Waals surface area contributed by atoms with Crippen LogP contribution in [-0.4, -0.2) is 36.7 Å². The van der Waals surface area contributed by atoms with Gasteiger partial charge in [0.1, 0.15) is 11.3 Å². The molecule has 20 heavy (non-hydrogen) atoms. The van der Waals surface area contributed by atoms with Crippen molar-refractivity contribution in [3.05, 3.63) is 35.3 Å². The van der Waals surface area contributed by atoms with E-state index >= 15 is 0 Å². The summed E-state index contributed by atoms with van der Waals surface area (Å²) in [4.78, 5) is 22.7. The molecule has 0 radical (unpaired) electrons. The number of carboxylic acids is 1. The van der Waals surface area contributed by atoms with Gasteiger partial charge < -0.3 is 19.6 Å². The van der Waals surface area contributed by atoms with Crippen LogP contribution in [0, 0.1) is 0 Å². The summed E-state index contributed by atoms with van der Waals surface area (Å²) in [7, 11) is 0. The third-order valence-corrected chi connectivity index (χ3v) is 2.46. The largest absolute Gasteiger partial charge is 0.478 e. The molecule has 0 bridgehead atoms. The number of hydrogen-bond donors (Lipinski definition) is 2. The quantitative estimate of drug-likeness (QED) is 0.561. The van der Waals surface area contributed by atoms with Crippen molar-refractivity contribution in [1.82, 2.24) is 5.32 Å². The van der Waals surface area contributed by atoms with E-state index in [4.69, 9.17) is 14.3 Å². The van der Waals surface area contributed by atoms with Crippen molar-refractivity contribution >= 4 is 11.9 Å². The van der Waals surface area contributed by atoms with E-state index in [2.05, 4.69) is 11.9 Å². The first-order valence-electron chi connectivity index (χ1n) is 6.32. The van der Waals surface area contributed by atoms with Crippen molar-refractivity contribution in [3.63, 3.8) is 0 Å². The molecule has 6 heteroatoms. The van der Waals surface area contributed by atoms with Gasteiger partial charge in [0.15, 0.2) is 5.76 Å². The molecule has 1 aromatic rings. The summed E-state index contributed by atoms with van der Waals surface area (Å²) in [5.41, 5.74) is 0.928. The van der Waals surface area contributed by atoms with Gasteiger partial charge >= 0.3 is 5.97 Å². The highest BCUT2D eigenvalue weighted by molar-refractivity contribution is 5.96. The molecular weight excluding hydrogens is 262 g/mol. The number of furan rings is 1. The van der Waals surface area contributed by atoms with Gasteiger partial charge in [0.05, 0.1) is 13.2 Å². The maximum atomic E-state index is 11.8. The van der Waals surface area contributed by atoms with E-state index in [0.29, 0.717) is 31.9 Å². The number of carbonyl (C=O) groups is 2. The van der Waals surface area contributed by atoms with E-state index in [-0.39, 0.29) is 11.3 Å². The highest BCUT2D eigenvalue weighted by atomic mass is 16.5. The Kier molecular flexibility index (Phi) is 5.99. The van der Waals surface area contributed by atoms with Crippen LogP contribution in [0.2, 0.25) is 0 Å². The number of hydrogen-bond acceptors (Lipinski definition) is 4. The van der Waals surface area contributed by atoms with Crippen LogP contribution >= 0.6 is 0 Å². The lowest BCUT2D eigenvalue weighted by Gasteiger charge is -2.04. The molecule has 0 aliphatic rings. The molecule has 0 aromatic carbocycles. The number of carbonyl (C=O) groups excluding carboxylic acids is 1. The first-order chi connectivity index (χ1) is 9.45. The molecule has 0 spiro atoms. The first kappa shape index (κ1) is 16.0. The summed E-state index contributed by atoms with van der Waals surface area (Å²) in [5.74, 6) is -1.26. The molecule has 1 amide bonds. The first-order valence-corrected chi connectivity index (χ1v) is 6.32. The van der Waals surface area contributed by atoms with Gasteiger partial charge in [-0.1, -0.05) is 19.1 Å². The van der Waals surface area contributed by atoms with Crippen LogP contribution in [0.3, 0.4) is 0 Å². The van der Waals surface area contributed by atoms with Crippen LogP contribution in [0.15, 0.2) is 22.6 Å². The number of carboxylic acid groups (broad SMARTS) is 1. The van der Waals surface area contributed by atoms with E-state index < -0.39 is 11.9 Å². The molecular formula is C14H19NO5. The lowest BCUT2D eigenvalue weighted by atomic mass is 10.2. The summed E-state index contributed by atoms with van der Waals surface area (Å²) in [6.07, 6.45) is 0.413. The van der Waals surface area contributed by atoms with Gasteiger partial charge in [0.25, 0.3) is 5.91 Å². The van der Waals surface area contributed by atoms with Crippen LogP contribution in [0.25, 0.3) is 0 Å². The molecule has 0 atom stereocenters. The van der Waals surface area contributed by atoms with Gasteiger partial charge in [-0.15, -0.1) is 0 Å². The lowest BCUT2D eigenvalue weighted by Crippen LogP contribution is -2.27. The fourth-order valence-electron chi connectivity index (χ4n) is 1.55. The third kappa shape index (κ3) is 4.55. The minimum atomic E-state index is -1.10. The predicted molar refractivity (Wildman–Crippen MR) is 73.0 cm³/mol. The highest BCUT2D eigenvalue weighted by Crippen LogP contribution is 2.16. The Morgan fingerprint density at radius 3 is 2.70 bits per heavy atom. The summed E-state index contributed by atoms with van der Waals surface area (Å²) >= 11 is 0. The zero-order valence-corrected chi connectivity index (χ0v) is 11.7. The van der Waals surface area contributed by atoms with Crippen molar-refractivity contribution in [2.24, 2.45) is 0 Å². The smallest absolute Gasteiger partial charge is 0.339 e. The standard InChI is InChI=1S/C14H19NO5/c1-4-11-10(14(17)18)7-12(20-11)13(16)15-5-6-19-8-9(2)3/h7H,2,4-6,8H2,1,3H3,(H,15,16)(H,17,18). The van der Waals surface area contributed by atoms with Crippen LogP contribution < -0.4 is 5.32 Å². The summed E-state index contributed by atoms with van der Waals surface area (Å²) in [6, 6.07) is 1.24. The van der Waals surface area contributed by atoms with Crippen molar-refractivity contribution in [1.29, 1.82) is 0 Å². The number of rotatable bonds is 8. The molecule has 0 aliphatic heterocycles. The topological polar surface area (TPSA) is 88.8 Å². The molecule has 1 aromatic heterocycles. The van der Waals surface area contributed by atoms with E-state index in [1.54, 1.807) is 6.92 Å². The average Bonchev–Trinajstić information content (AvgIpc) is 2.82. The van der Waals surface area contributed by atoms with Gasteiger partial charge in [0, 0.05) is 19.0 Å². The monoisotopic (exact) mass is 281 g/mol. The molecule has 110 valence electrons. The zero-order valence-electron chi connectivity index (χ0n) is 11.7.